The first-order valence-corrected chi connectivity index (χ1v) is 11.6. The summed E-state index contributed by atoms with van der Waals surface area (Å²) >= 11 is 0. The number of nitrogens with two attached hydrogens (primary N) is 1. The standard InChI is InChI=1S/C26H25F2N5O3/c1-15-14-35-23(30-15)21-9-6-10-33(21)24(34)18-11-17(19(27)12-20(18)28)22-31-32-25(36-22)26(2,29)13-16-7-4-3-5-8-16/h3-5,7-8,11-12,14,21H,6,9-10,13,29H2,1-2H3/t21-,26-/m1/s1. The average Bonchev–Trinajstić information content (AvgIpc) is 3.60. The molecule has 36 heavy (non-hydrogen) atoms. The van der Waals surface area contributed by atoms with Gasteiger partial charge in [0.15, 0.2) is 0 Å². The molecule has 1 fully saturated rings. The Kier molecular flexibility index (Phi) is 6.13. The van der Waals surface area contributed by atoms with Crippen molar-refractivity contribution in [3.05, 3.63) is 89.0 Å². The predicted octanol–water partition coefficient (Wildman–Crippen LogP) is 4.71. The third kappa shape index (κ3) is 4.51. The lowest BCUT2D eigenvalue weighted by Gasteiger charge is -2.23. The first-order valence-electron chi connectivity index (χ1n) is 11.6. The van der Waals surface area contributed by atoms with Crippen LogP contribution in [-0.4, -0.2) is 32.5 Å². The summed E-state index contributed by atoms with van der Waals surface area (Å²) < 4.78 is 40.8. The Morgan fingerprint density at radius 1 is 1.19 bits per heavy atom. The molecule has 2 atom stereocenters. The number of amides is 1. The molecule has 0 unspecified atom stereocenters. The minimum absolute atomic E-state index is 0.0943. The third-order valence-electron chi connectivity index (χ3n) is 6.28. The highest BCUT2D eigenvalue weighted by molar-refractivity contribution is 5.96. The van der Waals surface area contributed by atoms with E-state index in [1.54, 1.807) is 13.8 Å². The average molecular weight is 494 g/mol. The number of oxazole rings is 1. The fraction of sp³-hybridized carbons (Fsp3) is 0.308. The lowest BCUT2D eigenvalue weighted by molar-refractivity contribution is 0.0710. The van der Waals surface area contributed by atoms with Crippen LogP contribution in [0.3, 0.4) is 0 Å². The van der Waals surface area contributed by atoms with E-state index < -0.39 is 29.1 Å². The van der Waals surface area contributed by atoms with Crippen LogP contribution in [0.4, 0.5) is 8.78 Å². The molecule has 1 aliphatic rings. The maximum Gasteiger partial charge on any atom is 0.257 e. The van der Waals surface area contributed by atoms with Crippen molar-refractivity contribution in [3.63, 3.8) is 0 Å². The number of halogens is 2. The molecule has 2 N–H and O–H groups in total. The van der Waals surface area contributed by atoms with E-state index in [-0.39, 0.29) is 22.9 Å². The second-order valence-electron chi connectivity index (χ2n) is 9.29. The van der Waals surface area contributed by atoms with E-state index in [0.29, 0.717) is 43.5 Å². The first kappa shape index (κ1) is 23.8. The summed E-state index contributed by atoms with van der Waals surface area (Å²) in [7, 11) is 0. The molecule has 1 aliphatic heterocycles. The highest BCUT2D eigenvalue weighted by atomic mass is 19.1. The number of hydrogen-bond acceptors (Lipinski definition) is 7. The van der Waals surface area contributed by atoms with Crippen LogP contribution in [0.1, 0.15) is 59.2 Å². The molecule has 0 saturated carbocycles. The van der Waals surface area contributed by atoms with Crippen molar-refractivity contribution in [1.82, 2.24) is 20.1 Å². The number of aromatic nitrogens is 3. The van der Waals surface area contributed by atoms with Gasteiger partial charge in [-0.2, -0.15) is 0 Å². The largest absolute Gasteiger partial charge is 0.446 e. The molecule has 0 bridgehead atoms. The van der Waals surface area contributed by atoms with Gasteiger partial charge in [-0.1, -0.05) is 30.3 Å². The molecule has 186 valence electrons. The molecule has 3 heterocycles. The Morgan fingerprint density at radius 2 is 1.97 bits per heavy atom. The maximum atomic E-state index is 14.8. The van der Waals surface area contributed by atoms with Gasteiger partial charge in [-0.05, 0) is 44.7 Å². The van der Waals surface area contributed by atoms with Crippen LogP contribution in [0.2, 0.25) is 0 Å². The van der Waals surface area contributed by atoms with E-state index in [4.69, 9.17) is 14.6 Å². The number of benzene rings is 2. The minimum atomic E-state index is -1.03. The minimum Gasteiger partial charge on any atom is -0.446 e. The Morgan fingerprint density at radius 3 is 2.69 bits per heavy atom. The lowest BCUT2D eigenvalue weighted by Crippen LogP contribution is -2.35. The van der Waals surface area contributed by atoms with Crippen LogP contribution in [0.5, 0.6) is 0 Å². The number of carbonyl (C=O) groups excluding carboxylic acids is 1. The van der Waals surface area contributed by atoms with Crippen LogP contribution in [0, 0.1) is 18.6 Å². The monoisotopic (exact) mass is 493 g/mol. The Balaban J connectivity index is 1.44. The second kappa shape index (κ2) is 9.27. The summed E-state index contributed by atoms with van der Waals surface area (Å²) in [5.41, 5.74) is 6.56. The van der Waals surface area contributed by atoms with Gasteiger partial charge in [0.05, 0.1) is 22.4 Å². The smallest absolute Gasteiger partial charge is 0.257 e. The summed E-state index contributed by atoms with van der Waals surface area (Å²) in [5, 5.41) is 7.95. The topological polar surface area (TPSA) is 111 Å². The van der Waals surface area contributed by atoms with Gasteiger partial charge < -0.3 is 19.5 Å². The van der Waals surface area contributed by atoms with Crippen LogP contribution in [0.15, 0.2) is 57.6 Å². The molecule has 1 amide bonds. The highest BCUT2D eigenvalue weighted by Gasteiger charge is 2.36. The number of rotatable bonds is 6. The molecular formula is C26H25F2N5O3. The van der Waals surface area contributed by atoms with Gasteiger partial charge in [-0.3, -0.25) is 4.79 Å². The predicted molar refractivity (Wildman–Crippen MR) is 126 cm³/mol. The van der Waals surface area contributed by atoms with Crippen molar-refractivity contribution in [1.29, 1.82) is 0 Å². The number of carbonyl (C=O) groups is 1. The molecule has 8 nitrogen and oxygen atoms in total. The molecule has 2 aromatic carbocycles. The van der Waals surface area contributed by atoms with Gasteiger partial charge in [-0.25, -0.2) is 13.8 Å². The summed E-state index contributed by atoms with van der Waals surface area (Å²) in [5.74, 6) is -2.22. The number of nitrogens with zero attached hydrogens (tertiary/aromatic N) is 4. The van der Waals surface area contributed by atoms with Crippen LogP contribution >= 0.6 is 0 Å². The third-order valence-corrected chi connectivity index (χ3v) is 6.28. The Hall–Kier alpha value is -3.92. The number of hydrogen-bond donors (Lipinski definition) is 1. The fourth-order valence-corrected chi connectivity index (χ4v) is 4.48. The number of aryl methyl sites for hydroxylation is 1. The van der Waals surface area contributed by atoms with Crippen molar-refractivity contribution in [2.45, 2.75) is 44.7 Å². The molecule has 1 saturated heterocycles. The normalized spacial score (nSPS) is 17.4. The summed E-state index contributed by atoms with van der Waals surface area (Å²) in [4.78, 5) is 19.1. The van der Waals surface area contributed by atoms with Crippen molar-refractivity contribution in [3.8, 4) is 11.5 Å². The molecule has 0 aliphatic carbocycles. The van der Waals surface area contributed by atoms with Crippen LogP contribution in [-0.2, 0) is 12.0 Å². The van der Waals surface area contributed by atoms with Gasteiger partial charge in [0.25, 0.3) is 11.8 Å². The lowest BCUT2D eigenvalue weighted by atomic mass is 9.94. The van der Waals surface area contributed by atoms with Gasteiger partial charge in [0, 0.05) is 12.6 Å². The first-order chi connectivity index (χ1) is 17.2. The quantitative estimate of drug-likeness (QED) is 0.414. The summed E-state index contributed by atoms with van der Waals surface area (Å²) in [6, 6.07) is 10.9. The number of likely N-dealkylation sites (tertiary alicyclic amines) is 1. The van der Waals surface area contributed by atoms with E-state index in [9.17, 15) is 13.6 Å². The van der Waals surface area contributed by atoms with Crippen molar-refractivity contribution in [2.75, 3.05) is 6.54 Å². The fourth-order valence-electron chi connectivity index (χ4n) is 4.48. The molecule has 10 heteroatoms. The maximum absolute atomic E-state index is 14.8. The van der Waals surface area contributed by atoms with E-state index in [2.05, 4.69) is 15.2 Å². The summed E-state index contributed by atoms with van der Waals surface area (Å²) in [6.07, 6.45) is 3.24. The molecule has 0 radical (unpaired) electrons. The molecule has 0 spiro atoms. The van der Waals surface area contributed by atoms with E-state index >= 15 is 0 Å². The van der Waals surface area contributed by atoms with Crippen molar-refractivity contribution >= 4 is 5.91 Å². The Labute approximate surface area is 206 Å². The zero-order valence-corrected chi connectivity index (χ0v) is 19.9. The van der Waals surface area contributed by atoms with Gasteiger partial charge >= 0.3 is 0 Å². The van der Waals surface area contributed by atoms with Crippen molar-refractivity contribution in [2.24, 2.45) is 5.73 Å². The Bertz CT molecular complexity index is 1400. The highest BCUT2D eigenvalue weighted by Crippen LogP contribution is 2.35. The zero-order valence-electron chi connectivity index (χ0n) is 19.9. The second-order valence-corrected chi connectivity index (χ2v) is 9.29. The molecule has 4 aromatic rings. The molecule has 5 rings (SSSR count). The molecular weight excluding hydrogens is 468 g/mol. The van der Waals surface area contributed by atoms with Crippen LogP contribution in [0.25, 0.3) is 11.5 Å². The van der Waals surface area contributed by atoms with Crippen LogP contribution < -0.4 is 5.73 Å². The van der Waals surface area contributed by atoms with E-state index in [1.807, 2.05) is 30.3 Å². The summed E-state index contributed by atoms with van der Waals surface area (Å²) in [6.45, 7) is 3.91. The van der Waals surface area contributed by atoms with Gasteiger partial charge in [0.1, 0.15) is 23.9 Å². The zero-order chi connectivity index (χ0) is 25.4. The van der Waals surface area contributed by atoms with Crippen molar-refractivity contribution < 1.29 is 22.4 Å². The van der Waals surface area contributed by atoms with E-state index in [0.717, 1.165) is 11.6 Å². The van der Waals surface area contributed by atoms with Gasteiger partial charge in [0.2, 0.25) is 11.8 Å². The molecule has 2 aromatic heterocycles. The van der Waals surface area contributed by atoms with E-state index in [1.165, 1.54) is 11.2 Å². The SMILES string of the molecule is Cc1coc([C@H]2CCCN2C(=O)c2cc(-c3nnc([C@](C)(N)Cc4ccccc4)o3)c(F)cc2F)n1. The van der Waals surface area contributed by atoms with Gasteiger partial charge in [-0.15, -0.1) is 10.2 Å².